The van der Waals surface area contributed by atoms with Gasteiger partial charge in [0.25, 0.3) is 0 Å². The Morgan fingerprint density at radius 1 is 1.35 bits per heavy atom. The molecule has 2 heterocycles. The van der Waals surface area contributed by atoms with Crippen LogP contribution in [-0.2, 0) is 0 Å². The summed E-state index contributed by atoms with van der Waals surface area (Å²) >= 11 is 11.9. The minimum absolute atomic E-state index is 0.253. The summed E-state index contributed by atoms with van der Waals surface area (Å²) in [5, 5.41) is 0.826. The Balaban J connectivity index is 2.18. The highest BCUT2D eigenvalue weighted by Gasteiger charge is 2.33. The molecule has 1 saturated heterocycles. The van der Waals surface area contributed by atoms with Gasteiger partial charge in [0.1, 0.15) is 5.02 Å². The largest absolute Gasteiger partial charge is 0.355 e. The molecule has 0 aliphatic carbocycles. The van der Waals surface area contributed by atoms with Crippen molar-refractivity contribution in [2.24, 2.45) is 11.3 Å². The van der Waals surface area contributed by atoms with E-state index in [-0.39, 0.29) is 5.28 Å². The SMILES string of the molecule is CC(C)(C)C1CCN(c2nc(Cl)ncc2Cl)C1. The van der Waals surface area contributed by atoms with Crippen LogP contribution in [0.5, 0.6) is 0 Å². The van der Waals surface area contributed by atoms with Crippen molar-refractivity contribution in [2.75, 3.05) is 18.0 Å². The molecule has 2 rings (SSSR count). The van der Waals surface area contributed by atoms with Crippen molar-refractivity contribution in [3.05, 3.63) is 16.5 Å². The van der Waals surface area contributed by atoms with Gasteiger partial charge >= 0.3 is 0 Å². The molecule has 0 aromatic carbocycles. The van der Waals surface area contributed by atoms with Gasteiger partial charge in [-0.1, -0.05) is 32.4 Å². The van der Waals surface area contributed by atoms with Crippen LogP contribution in [0.4, 0.5) is 5.82 Å². The lowest BCUT2D eigenvalue weighted by Crippen LogP contribution is -2.26. The fourth-order valence-corrected chi connectivity index (χ4v) is 2.56. The summed E-state index contributed by atoms with van der Waals surface area (Å²) in [6, 6.07) is 0. The van der Waals surface area contributed by atoms with Crippen molar-refractivity contribution in [3.63, 3.8) is 0 Å². The number of hydrogen-bond donors (Lipinski definition) is 0. The van der Waals surface area contributed by atoms with Crippen molar-refractivity contribution < 1.29 is 0 Å². The smallest absolute Gasteiger partial charge is 0.224 e. The summed E-state index contributed by atoms with van der Waals surface area (Å²) in [6.07, 6.45) is 2.73. The molecule has 94 valence electrons. The molecule has 1 atom stereocenters. The summed E-state index contributed by atoms with van der Waals surface area (Å²) in [5.41, 5.74) is 0.318. The van der Waals surface area contributed by atoms with Gasteiger partial charge in [0.2, 0.25) is 5.28 Å². The Morgan fingerprint density at radius 2 is 2.06 bits per heavy atom. The van der Waals surface area contributed by atoms with Gasteiger partial charge in [-0.25, -0.2) is 4.98 Å². The second kappa shape index (κ2) is 4.62. The molecule has 0 amide bonds. The van der Waals surface area contributed by atoms with Gasteiger partial charge in [0.05, 0.1) is 6.20 Å². The molecule has 0 saturated carbocycles. The lowest BCUT2D eigenvalue weighted by molar-refractivity contribution is 0.263. The number of aromatic nitrogens is 2. The van der Waals surface area contributed by atoms with E-state index < -0.39 is 0 Å². The van der Waals surface area contributed by atoms with Crippen LogP contribution in [0.2, 0.25) is 10.3 Å². The Kier molecular flexibility index (Phi) is 3.50. The van der Waals surface area contributed by atoms with Gasteiger partial charge in [0, 0.05) is 13.1 Å². The minimum Gasteiger partial charge on any atom is -0.355 e. The van der Waals surface area contributed by atoms with Crippen molar-refractivity contribution in [3.8, 4) is 0 Å². The highest BCUT2D eigenvalue weighted by atomic mass is 35.5. The van der Waals surface area contributed by atoms with E-state index in [4.69, 9.17) is 23.2 Å². The molecule has 0 spiro atoms. The summed E-state index contributed by atoms with van der Waals surface area (Å²) in [7, 11) is 0. The number of hydrogen-bond acceptors (Lipinski definition) is 3. The maximum absolute atomic E-state index is 6.11. The van der Waals surface area contributed by atoms with Gasteiger partial charge in [-0.2, -0.15) is 4.98 Å². The van der Waals surface area contributed by atoms with E-state index in [1.165, 1.54) is 6.42 Å². The zero-order chi connectivity index (χ0) is 12.6. The molecule has 1 aromatic heterocycles. The summed E-state index contributed by atoms with van der Waals surface area (Å²) in [5.74, 6) is 1.42. The first-order valence-corrected chi connectivity index (χ1v) is 6.56. The van der Waals surface area contributed by atoms with Crippen LogP contribution in [0, 0.1) is 11.3 Å². The predicted molar refractivity (Wildman–Crippen MR) is 71.8 cm³/mol. The highest BCUT2D eigenvalue weighted by molar-refractivity contribution is 6.33. The van der Waals surface area contributed by atoms with E-state index in [1.807, 2.05) is 0 Å². The monoisotopic (exact) mass is 273 g/mol. The van der Waals surface area contributed by atoms with E-state index in [0.717, 1.165) is 18.9 Å². The molecule has 1 aromatic rings. The molecule has 1 fully saturated rings. The number of rotatable bonds is 1. The second-order valence-electron chi connectivity index (χ2n) is 5.61. The first-order valence-electron chi connectivity index (χ1n) is 5.81. The highest BCUT2D eigenvalue weighted by Crippen LogP contribution is 2.36. The summed E-state index contributed by atoms with van der Waals surface area (Å²) in [6.45, 7) is 8.78. The van der Waals surface area contributed by atoms with Crippen LogP contribution in [-0.4, -0.2) is 23.1 Å². The van der Waals surface area contributed by atoms with E-state index in [0.29, 0.717) is 16.4 Å². The van der Waals surface area contributed by atoms with Crippen molar-refractivity contribution >= 4 is 29.0 Å². The molecule has 0 bridgehead atoms. The van der Waals surface area contributed by atoms with Crippen LogP contribution in [0.25, 0.3) is 0 Å². The number of anilines is 1. The molecular weight excluding hydrogens is 257 g/mol. The third kappa shape index (κ3) is 2.83. The third-order valence-corrected chi connectivity index (χ3v) is 3.86. The molecule has 1 unspecified atom stereocenters. The van der Waals surface area contributed by atoms with Crippen LogP contribution in [0.1, 0.15) is 27.2 Å². The Bertz CT molecular complexity index is 415. The first kappa shape index (κ1) is 12.9. The van der Waals surface area contributed by atoms with E-state index >= 15 is 0 Å². The van der Waals surface area contributed by atoms with Crippen LogP contribution in [0.3, 0.4) is 0 Å². The second-order valence-corrected chi connectivity index (χ2v) is 6.35. The minimum atomic E-state index is 0.253. The third-order valence-electron chi connectivity index (χ3n) is 3.41. The Hall–Kier alpha value is -0.540. The summed E-state index contributed by atoms with van der Waals surface area (Å²) in [4.78, 5) is 10.3. The average Bonchev–Trinajstić information content (AvgIpc) is 2.70. The maximum Gasteiger partial charge on any atom is 0.224 e. The van der Waals surface area contributed by atoms with E-state index in [9.17, 15) is 0 Å². The predicted octanol–water partition coefficient (Wildman–Crippen LogP) is 3.66. The first-order chi connectivity index (χ1) is 7.88. The Morgan fingerprint density at radius 3 is 2.65 bits per heavy atom. The quantitative estimate of drug-likeness (QED) is 0.732. The van der Waals surface area contributed by atoms with E-state index in [2.05, 4.69) is 35.6 Å². The molecule has 3 nitrogen and oxygen atoms in total. The van der Waals surface area contributed by atoms with Gasteiger partial charge in [-0.05, 0) is 29.4 Å². The molecule has 5 heteroatoms. The average molecular weight is 274 g/mol. The van der Waals surface area contributed by atoms with Crippen molar-refractivity contribution in [1.29, 1.82) is 0 Å². The summed E-state index contributed by atoms with van der Waals surface area (Å²) < 4.78 is 0. The van der Waals surface area contributed by atoms with Gasteiger partial charge in [-0.15, -0.1) is 0 Å². The van der Waals surface area contributed by atoms with Crippen molar-refractivity contribution in [2.45, 2.75) is 27.2 Å². The normalized spacial score (nSPS) is 21.0. The van der Waals surface area contributed by atoms with Crippen LogP contribution in [0.15, 0.2) is 6.20 Å². The Labute approximate surface area is 112 Å². The topological polar surface area (TPSA) is 29.0 Å². The lowest BCUT2D eigenvalue weighted by Gasteiger charge is -2.27. The fourth-order valence-electron chi connectivity index (χ4n) is 2.22. The fraction of sp³-hybridized carbons (Fsp3) is 0.667. The zero-order valence-corrected chi connectivity index (χ0v) is 11.9. The molecule has 1 aliphatic heterocycles. The van der Waals surface area contributed by atoms with E-state index in [1.54, 1.807) is 6.20 Å². The van der Waals surface area contributed by atoms with Crippen molar-refractivity contribution in [1.82, 2.24) is 9.97 Å². The van der Waals surface area contributed by atoms with Gasteiger partial charge in [-0.3, -0.25) is 0 Å². The van der Waals surface area contributed by atoms with Crippen LogP contribution >= 0.6 is 23.2 Å². The molecular formula is C12H17Cl2N3. The molecule has 1 aliphatic rings. The molecule has 0 radical (unpaired) electrons. The molecule has 17 heavy (non-hydrogen) atoms. The van der Waals surface area contributed by atoms with Crippen LogP contribution < -0.4 is 4.90 Å². The molecule has 0 N–H and O–H groups in total. The number of halogens is 2. The zero-order valence-electron chi connectivity index (χ0n) is 10.4. The van der Waals surface area contributed by atoms with Gasteiger partial charge in [0.15, 0.2) is 5.82 Å². The van der Waals surface area contributed by atoms with Gasteiger partial charge < -0.3 is 4.90 Å². The maximum atomic E-state index is 6.11. The number of nitrogens with zero attached hydrogens (tertiary/aromatic N) is 3. The lowest BCUT2D eigenvalue weighted by atomic mass is 9.80. The standard InChI is InChI=1S/C12H17Cl2N3/c1-12(2,3)8-4-5-17(7-8)10-9(13)6-15-11(14)16-10/h6,8H,4-5,7H2,1-3H3.